The molecule has 0 radical (unpaired) electrons. The van der Waals surface area contributed by atoms with Crippen molar-refractivity contribution in [1.29, 1.82) is 0 Å². The Morgan fingerprint density at radius 1 is 1.38 bits per heavy atom. The van der Waals surface area contributed by atoms with Gasteiger partial charge in [0.15, 0.2) is 5.43 Å². The van der Waals surface area contributed by atoms with Crippen LogP contribution in [-0.2, 0) is 0 Å². The number of likely N-dealkylation sites (N-methyl/N-ethyl adjacent to an activating group) is 1. The van der Waals surface area contributed by atoms with Gasteiger partial charge in [0.25, 0.3) is 5.91 Å². The molecule has 0 atom stereocenters. The van der Waals surface area contributed by atoms with Gasteiger partial charge in [-0.1, -0.05) is 17.7 Å². The van der Waals surface area contributed by atoms with E-state index in [-0.39, 0.29) is 16.9 Å². The van der Waals surface area contributed by atoms with Crippen LogP contribution < -0.4 is 10.2 Å². The molecule has 0 aliphatic rings. The van der Waals surface area contributed by atoms with Crippen molar-refractivity contribution in [3.63, 3.8) is 0 Å². The molecule has 0 aliphatic carbocycles. The molecular formula is C15H15ClN2O3. The van der Waals surface area contributed by atoms with Crippen LogP contribution in [-0.4, -0.2) is 36.0 Å². The molecule has 1 N–H and O–H groups in total. The Morgan fingerprint density at radius 2 is 2.19 bits per heavy atom. The first-order valence-electron chi connectivity index (χ1n) is 6.39. The number of carbonyl (C=O) groups excluding carboxylic acids is 1. The summed E-state index contributed by atoms with van der Waals surface area (Å²) in [5.41, 5.74) is -0.191. The number of amides is 1. The topological polar surface area (TPSA) is 62.4 Å². The Bertz CT molecular complexity index is 684. The summed E-state index contributed by atoms with van der Waals surface area (Å²) in [6.07, 6.45) is 2.89. The van der Waals surface area contributed by atoms with E-state index in [9.17, 15) is 9.59 Å². The third kappa shape index (κ3) is 4.10. The number of nitrogens with one attached hydrogen (secondary N) is 1. The lowest BCUT2D eigenvalue weighted by molar-refractivity contribution is 0.0772. The molecule has 1 aromatic heterocycles. The lowest BCUT2D eigenvalue weighted by Gasteiger charge is -2.17. The molecule has 1 aromatic carbocycles. The lowest BCUT2D eigenvalue weighted by Crippen LogP contribution is -2.33. The van der Waals surface area contributed by atoms with Gasteiger partial charge in [0.05, 0.1) is 6.54 Å². The number of H-pyrrole nitrogens is 1. The van der Waals surface area contributed by atoms with Gasteiger partial charge in [-0.25, -0.2) is 0 Å². The Labute approximate surface area is 127 Å². The summed E-state index contributed by atoms with van der Waals surface area (Å²) in [4.78, 5) is 27.8. The van der Waals surface area contributed by atoms with Crippen molar-refractivity contribution in [3.8, 4) is 5.75 Å². The number of aromatic amines is 1. The highest BCUT2D eigenvalue weighted by Gasteiger charge is 2.14. The summed E-state index contributed by atoms with van der Waals surface area (Å²) in [6, 6.07) is 8.35. The monoisotopic (exact) mass is 306 g/mol. The maximum absolute atomic E-state index is 12.1. The van der Waals surface area contributed by atoms with Crippen LogP contribution in [0.4, 0.5) is 0 Å². The number of benzene rings is 1. The molecule has 0 fully saturated rings. The average molecular weight is 307 g/mol. The fraction of sp³-hybridized carbons (Fsp3) is 0.200. The summed E-state index contributed by atoms with van der Waals surface area (Å²) >= 11 is 5.85. The number of hydrogen-bond donors (Lipinski definition) is 1. The van der Waals surface area contributed by atoms with E-state index in [2.05, 4.69) is 4.98 Å². The highest BCUT2D eigenvalue weighted by atomic mass is 35.5. The first kappa shape index (κ1) is 15.1. The molecule has 0 saturated heterocycles. The molecule has 21 heavy (non-hydrogen) atoms. The minimum atomic E-state index is -0.341. The zero-order valence-corrected chi connectivity index (χ0v) is 12.3. The van der Waals surface area contributed by atoms with Gasteiger partial charge in [-0.05, 0) is 18.2 Å². The van der Waals surface area contributed by atoms with E-state index < -0.39 is 0 Å². The van der Waals surface area contributed by atoms with E-state index in [1.807, 2.05) is 0 Å². The minimum absolute atomic E-state index is 0.114. The van der Waals surface area contributed by atoms with E-state index in [1.54, 1.807) is 31.3 Å². The van der Waals surface area contributed by atoms with Crippen LogP contribution >= 0.6 is 11.6 Å². The van der Waals surface area contributed by atoms with Crippen LogP contribution in [0.25, 0.3) is 0 Å². The van der Waals surface area contributed by atoms with Crippen LogP contribution in [0.5, 0.6) is 5.75 Å². The van der Waals surface area contributed by atoms with E-state index in [0.29, 0.717) is 23.9 Å². The largest absolute Gasteiger partial charge is 0.492 e. The van der Waals surface area contributed by atoms with Crippen molar-refractivity contribution in [1.82, 2.24) is 9.88 Å². The van der Waals surface area contributed by atoms with Crippen molar-refractivity contribution in [2.24, 2.45) is 0 Å². The van der Waals surface area contributed by atoms with Gasteiger partial charge in [0, 0.05) is 30.5 Å². The van der Waals surface area contributed by atoms with Crippen molar-refractivity contribution in [3.05, 3.63) is 63.5 Å². The molecule has 0 aliphatic heterocycles. The Hall–Kier alpha value is -2.27. The number of carbonyl (C=O) groups is 1. The predicted molar refractivity (Wildman–Crippen MR) is 81.0 cm³/mol. The summed E-state index contributed by atoms with van der Waals surface area (Å²) in [6.45, 7) is 0.674. The summed E-state index contributed by atoms with van der Waals surface area (Å²) in [5, 5.41) is 0.591. The van der Waals surface area contributed by atoms with Crippen molar-refractivity contribution < 1.29 is 9.53 Å². The number of halogens is 1. The number of ether oxygens (including phenoxy) is 1. The molecule has 0 bridgehead atoms. The highest BCUT2D eigenvalue weighted by Crippen LogP contribution is 2.16. The number of aromatic nitrogens is 1. The molecular weight excluding hydrogens is 292 g/mol. The molecule has 110 valence electrons. The normalized spacial score (nSPS) is 10.2. The smallest absolute Gasteiger partial charge is 0.259 e. The molecule has 0 spiro atoms. The first-order valence-corrected chi connectivity index (χ1v) is 6.76. The molecule has 0 saturated carbocycles. The first-order chi connectivity index (χ1) is 10.1. The molecule has 6 heteroatoms. The fourth-order valence-electron chi connectivity index (χ4n) is 1.75. The Kier molecular flexibility index (Phi) is 5.00. The number of nitrogens with zero attached hydrogens (tertiary/aromatic N) is 1. The van der Waals surface area contributed by atoms with Gasteiger partial charge in [-0.2, -0.15) is 0 Å². The molecule has 1 amide bonds. The molecule has 1 heterocycles. The van der Waals surface area contributed by atoms with E-state index in [1.165, 1.54) is 23.4 Å². The highest BCUT2D eigenvalue weighted by molar-refractivity contribution is 6.30. The van der Waals surface area contributed by atoms with Gasteiger partial charge >= 0.3 is 0 Å². The number of rotatable bonds is 5. The van der Waals surface area contributed by atoms with Gasteiger partial charge in [0.2, 0.25) is 0 Å². The zero-order chi connectivity index (χ0) is 15.2. The van der Waals surface area contributed by atoms with Crippen LogP contribution in [0.1, 0.15) is 10.4 Å². The van der Waals surface area contributed by atoms with E-state index in [4.69, 9.17) is 16.3 Å². The van der Waals surface area contributed by atoms with Crippen LogP contribution in [0, 0.1) is 0 Å². The van der Waals surface area contributed by atoms with Gasteiger partial charge in [0.1, 0.15) is 17.9 Å². The Balaban J connectivity index is 1.90. The van der Waals surface area contributed by atoms with Crippen molar-refractivity contribution in [2.45, 2.75) is 0 Å². The average Bonchev–Trinajstić information content (AvgIpc) is 2.47. The third-order valence-electron chi connectivity index (χ3n) is 2.89. The van der Waals surface area contributed by atoms with Gasteiger partial charge < -0.3 is 14.6 Å². The van der Waals surface area contributed by atoms with Crippen molar-refractivity contribution in [2.75, 3.05) is 20.2 Å². The summed E-state index contributed by atoms with van der Waals surface area (Å²) < 4.78 is 5.51. The Morgan fingerprint density at radius 3 is 2.90 bits per heavy atom. The maximum atomic E-state index is 12.1. The molecule has 2 aromatic rings. The molecule has 5 nitrogen and oxygen atoms in total. The van der Waals surface area contributed by atoms with Crippen LogP contribution in [0.15, 0.2) is 47.5 Å². The molecule has 2 rings (SSSR count). The second-order valence-electron chi connectivity index (χ2n) is 4.45. The minimum Gasteiger partial charge on any atom is -0.492 e. The summed E-state index contributed by atoms with van der Waals surface area (Å²) in [7, 11) is 1.62. The van der Waals surface area contributed by atoms with E-state index in [0.717, 1.165) is 0 Å². The summed E-state index contributed by atoms with van der Waals surface area (Å²) in [5.74, 6) is 0.299. The number of pyridine rings is 1. The zero-order valence-electron chi connectivity index (χ0n) is 11.5. The number of hydrogen-bond acceptors (Lipinski definition) is 3. The van der Waals surface area contributed by atoms with Gasteiger partial charge in [-0.3, -0.25) is 9.59 Å². The van der Waals surface area contributed by atoms with Crippen LogP contribution in [0.3, 0.4) is 0 Å². The quantitative estimate of drug-likeness (QED) is 0.921. The van der Waals surface area contributed by atoms with Crippen molar-refractivity contribution >= 4 is 17.5 Å². The standard InChI is InChI=1S/C15H15ClN2O3/c1-18(15(20)13-10-17-6-5-14(13)19)7-8-21-12-4-2-3-11(16)9-12/h2-6,9-10H,7-8H2,1H3,(H,17,19). The second-order valence-corrected chi connectivity index (χ2v) is 4.89. The third-order valence-corrected chi connectivity index (χ3v) is 3.13. The lowest BCUT2D eigenvalue weighted by atomic mass is 10.2. The SMILES string of the molecule is CN(CCOc1cccc(Cl)c1)C(=O)c1c[nH]ccc1=O. The second kappa shape index (κ2) is 6.95. The maximum Gasteiger partial charge on any atom is 0.259 e. The fourth-order valence-corrected chi connectivity index (χ4v) is 1.93. The molecule has 0 unspecified atom stereocenters. The van der Waals surface area contributed by atoms with Gasteiger partial charge in [-0.15, -0.1) is 0 Å². The van der Waals surface area contributed by atoms with Crippen LogP contribution in [0.2, 0.25) is 5.02 Å². The van der Waals surface area contributed by atoms with E-state index >= 15 is 0 Å². The predicted octanol–water partition coefficient (Wildman–Crippen LogP) is 2.18.